The molecule has 0 saturated carbocycles. The van der Waals surface area contributed by atoms with Gasteiger partial charge >= 0.3 is 5.97 Å². The summed E-state index contributed by atoms with van der Waals surface area (Å²) in [5, 5.41) is 14.0. The van der Waals surface area contributed by atoms with Crippen molar-refractivity contribution in [2.45, 2.75) is 0 Å². The van der Waals surface area contributed by atoms with Gasteiger partial charge in [0, 0.05) is 22.2 Å². The second-order valence-electron chi connectivity index (χ2n) is 4.96. The highest BCUT2D eigenvalue weighted by molar-refractivity contribution is 6.31. The largest absolute Gasteiger partial charge is 0.452 e. The first kappa shape index (κ1) is 19.4. The van der Waals surface area contributed by atoms with Crippen LogP contribution in [0.3, 0.4) is 0 Å². The van der Waals surface area contributed by atoms with E-state index in [1.165, 1.54) is 18.2 Å². The Morgan fingerprint density at radius 1 is 1.12 bits per heavy atom. The zero-order valence-corrected chi connectivity index (χ0v) is 14.7. The quantitative estimate of drug-likeness (QED) is 0.344. The number of nitro groups is 1. The van der Waals surface area contributed by atoms with Gasteiger partial charge in [-0.15, -0.1) is 0 Å². The van der Waals surface area contributed by atoms with E-state index >= 15 is 0 Å². The number of halogens is 2. The molecule has 2 rings (SSSR count). The lowest BCUT2D eigenvalue weighted by Crippen LogP contribution is -2.20. The molecule has 1 N–H and O–H groups in total. The third-order valence-corrected chi connectivity index (χ3v) is 3.55. The molecule has 0 saturated heterocycles. The van der Waals surface area contributed by atoms with Crippen molar-refractivity contribution in [3.05, 3.63) is 74.3 Å². The molecule has 0 heterocycles. The Labute approximate surface area is 158 Å². The van der Waals surface area contributed by atoms with E-state index in [0.29, 0.717) is 5.02 Å². The number of carbonyl (C=O) groups excluding carboxylic acids is 2. The van der Waals surface area contributed by atoms with Gasteiger partial charge in [-0.1, -0.05) is 35.3 Å². The Morgan fingerprint density at radius 2 is 1.77 bits per heavy atom. The molecule has 0 bridgehead atoms. The van der Waals surface area contributed by atoms with Crippen LogP contribution >= 0.6 is 23.2 Å². The van der Waals surface area contributed by atoms with E-state index in [0.717, 1.165) is 17.7 Å². The summed E-state index contributed by atoms with van der Waals surface area (Å²) in [4.78, 5) is 33.7. The lowest BCUT2D eigenvalue weighted by Gasteiger charge is -2.06. The molecule has 1 amide bonds. The summed E-state index contributed by atoms with van der Waals surface area (Å²) >= 11 is 11.4. The van der Waals surface area contributed by atoms with Crippen molar-refractivity contribution in [2.24, 2.45) is 0 Å². The van der Waals surface area contributed by atoms with Gasteiger partial charge in [0.25, 0.3) is 11.6 Å². The fraction of sp³-hybridized carbons (Fsp3) is 0.0588. The summed E-state index contributed by atoms with van der Waals surface area (Å²) in [6.07, 6.45) is 2.65. The van der Waals surface area contributed by atoms with Crippen molar-refractivity contribution in [1.29, 1.82) is 0 Å². The maximum atomic E-state index is 11.8. The molecule has 0 unspecified atom stereocenters. The van der Waals surface area contributed by atoms with Crippen LogP contribution in [0.15, 0.2) is 48.5 Å². The van der Waals surface area contributed by atoms with E-state index in [4.69, 9.17) is 27.9 Å². The van der Waals surface area contributed by atoms with Gasteiger partial charge in [0.05, 0.1) is 4.92 Å². The summed E-state index contributed by atoms with van der Waals surface area (Å²) in [7, 11) is 0. The number of hydrogen-bond acceptors (Lipinski definition) is 5. The molecule has 0 aromatic heterocycles. The van der Waals surface area contributed by atoms with Crippen LogP contribution < -0.4 is 5.32 Å². The van der Waals surface area contributed by atoms with Gasteiger partial charge in [0.15, 0.2) is 6.61 Å². The number of nitro benzene ring substituents is 1. The fourth-order valence-electron chi connectivity index (χ4n) is 1.87. The minimum atomic E-state index is -0.735. The highest BCUT2D eigenvalue weighted by Gasteiger charge is 2.17. The van der Waals surface area contributed by atoms with E-state index < -0.39 is 23.4 Å². The smallest absolute Gasteiger partial charge is 0.331 e. The van der Waals surface area contributed by atoms with Gasteiger partial charge in [-0.25, -0.2) is 4.79 Å². The first-order chi connectivity index (χ1) is 12.3. The second-order valence-corrected chi connectivity index (χ2v) is 5.83. The minimum absolute atomic E-state index is 0.0443. The number of benzene rings is 2. The van der Waals surface area contributed by atoms with Crippen molar-refractivity contribution in [1.82, 2.24) is 0 Å². The lowest BCUT2D eigenvalue weighted by molar-refractivity contribution is -0.383. The predicted molar refractivity (Wildman–Crippen MR) is 98.2 cm³/mol. The number of esters is 1. The highest BCUT2D eigenvalue weighted by atomic mass is 35.5. The molecule has 0 spiro atoms. The van der Waals surface area contributed by atoms with Crippen molar-refractivity contribution in [3.63, 3.8) is 0 Å². The maximum Gasteiger partial charge on any atom is 0.331 e. The summed E-state index contributed by atoms with van der Waals surface area (Å²) < 4.78 is 4.79. The summed E-state index contributed by atoms with van der Waals surface area (Å²) in [5.74, 6) is -1.45. The van der Waals surface area contributed by atoms with Crippen molar-refractivity contribution < 1.29 is 19.2 Å². The van der Waals surface area contributed by atoms with Crippen molar-refractivity contribution in [3.8, 4) is 0 Å². The maximum absolute atomic E-state index is 11.8. The Balaban J connectivity index is 1.89. The summed E-state index contributed by atoms with van der Waals surface area (Å²) in [5.41, 5.74) is 0.324. The highest BCUT2D eigenvalue weighted by Crippen LogP contribution is 2.27. The van der Waals surface area contributed by atoms with Crippen LogP contribution in [0.2, 0.25) is 10.0 Å². The zero-order chi connectivity index (χ0) is 19.1. The zero-order valence-electron chi connectivity index (χ0n) is 13.1. The van der Waals surface area contributed by atoms with E-state index in [1.54, 1.807) is 24.3 Å². The number of nitrogens with one attached hydrogen (secondary N) is 1. The molecule has 0 aliphatic carbocycles. The molecule has 26 heavy (non-hydrogen) atoms. The van der Waals surface area contributed by atoms with Crippen LogP contribution in [0.1, 0.15) is 5.56 Å². The van der Waals surface area contributed by atoms with Crippen LogP contribution in [0.4, 0.5) is 11.4 Å². The first-order valence-electron chi connectivity index (χ1n) is 7.19. The normalized spacial score (nSPS) is 10.5. The molecule has 0 atom stereocenters. The number of rotatable bonds is 6. The average molecular weight is 395 g/mol. The van der Waals surface area contributed by atoms with Crippen LogP contribution in [-0.2, 0) is 14.3 Å². The van der Waals surface area contributed by atoms with Crippen LogP contribution in [0.5, 0.6) is 0 Å². The standard InChI is InChI=1S/C17H12Cl2N2O5/c18-12-4-1-11(2-5-12)3-8-17(23)26-10-16(22)20-14-7-6-13(19)9-15(14)21(24)25/h1-9H,10H2,(H,20,22)/b8-3+. The van der Waals surface area contributed by atoms with Gasteiger partial charge in [-0.05, 0) is 35.9 Å². The number of anilines is 1. The van der Waals surface area contributed by atoms with Gasteiger partial charge in [0.2, 0.25) is 0 Å². The van der Waals surface area contributed by atoms with Crippen molar-refractivity contribution >= 4 is 52.5 Å². The monoisotopic (exact) mass is 394 g/mol. The van der Waals surface area contributed by atoms with Crippen LogP contribution in [0.25, 0.3) is 6.08 Å². The van der Waals surface area contributed by atoms with Gasteiger partial charge in [-0.3, -0.25) is 14.9 Å². The average Bonchev–Trinajstić information content (AvgIpc) is 2.61. The Kier molecular flexibility index (Phi) is 6.71. The molecule has 0 fully saturated rings. The fourth-order valence-corrected chi connectivity index (χ4v) is 2.16. The molecule has 0 radical (unpaired) electrons. The van der Waals surface area contributed by atoms with E-state index in [1.807, 2.05) is 0 Å². The second kappa shape index (κ2) is 8.98. The molecule has 2 aromatic carbocycles. The number of amides is 1. The number of nitrogens with zero attached hydrogens (tertiary/aromatic N) is 1. The van der Waals surface area contributed by atoms with E-state index in [-0.39, 0.29) is 16.4 Å². The molecule has 0 aliphatic heterocycles. The van der Waals surface area contributed by atoms with Crippen molar-refractivity contribution in [2.75, 3.05) is 11.9 Å². The Morgan fingerprint density at radius 3 is 2.42 bits per heavy atom. The topological polar surface area (TPSA) is 98.5 Å². The molecule has 0 aliphatic rings. The number of hydrogen-bond donors (Lipinski definition) is 1. The molecular weight excluding hydrogens is 383 g/mol. The summed E-state index contributed by atoms with van der Waals surface area (Å²) in [6, 6.07) is 10.5. The molecule has 2 aromatic rings. The molecular formula is C17H12Cl2N2O5. The number of ether oxygens (including phenoxy) is 1. The molecule has 9 heteroatoms. The van der Waals surface area contributed by atoms with E-state index in [9.17, 15) is 19.7 Å². The van der Waals surface area contributed by atoms with E-state index in [2.05, 4.69) is 5.32 Å². The first-order valence-corrected chi connectivity index (χ1v) is 7.95. The van der Waals surface area contributed by atoms with Crippen LogP contribution in [-0.4, -0.2) is 23.4 Å². The lowest BCUT2D eigenvalue weighted by atomic mass is 10.2. The Hall–Kier alpha value is -2.90. The third-order valence-electron chi connectivity index (χ3n) is 3.06. The third kappa shape index (κ3) is 5.87. The summed E-state index contributed by atoms with van der Waals surface area (Å²) in [6.45, 7) is -0.594. The molecule has 134 valence electrons. The van der Waals surface area contributed by atoms with Gasteiger partial charge in [-0.2, -0.15) is 0 Å². The molecule has 7 nitrogen and oxygen atoms in total. The minimum Gasteiger partial charge on any atom is -0.452 e. The Bertz CT molecular complexity index is 866. The van der Waals surface area contributed by atoms with Gasteiger partial charge in [0.1, 0.15) is 5.69 Å². The SMILES string of the molecule is O=C(COC(=O)/C=C/c1ccc(Cl)cc1)Nc1ccc(Cl)cc1[N+](=O)[O-]. The predicted octanol–water partition coefficient (Wildman–Crippen LogP) is 4.10. The van der Waals surface area contributed by atoms with Gasteiger partial charge < -0.3 is 10.1 Å². The number of carbonyl (C=O) groups is 2. The van der Waals surface area contributed by atoms with Crippen LogP contribution in [0, 0.1) is 10.1 Å².